The van der Waals surface area contributed by atoms with E-state index in [1.165, 1.54) is 5.56 Å². The SMILES string of the molecule is Cc1c(Cl)cc(CCC(CC(=O)O)c2ccc3c(nnn3CCCCOCc3ccccc3)c2C)cc1CO. The van der Waals surface area contributed by atoms with Crippen LogP contribution in [-0.4, -0.2) is 37.8 Å². The van der Waals surface area contributed by atoms with Crippen LogP contribution in [0.25, 0.3) is 11.0 Å². The Balaban J connectivity index is 1.40. The number of carboxylic acids is 1. The number of aliphatic hydroxyl groups excluding tert-OH is 1. The highest BCUT2D eigenvalue weighted by Gasteiger charge is 2.21. The average molecular weight is 550 g/mol. The second kappa shape index (κ2) is 13.7. The van der Waals surface area contributed by atoms with Crippen LogP contribution in [0.5, 0.6) is 0 Å². The molecule has 2 N–H and O–H groups in total. The topological polar surface area (TPSA) is 97.5 Å². The van der Waals surface area contributed by atoms with Crippen molar-refractivity contribution in [2.75, 3.05) is 6.61 Å². The Morgan fingerprint density at radius 2 is 1.85 bits per heavy atom. The van der Waals surface area contributed by atoms with E-state index in [0.29, 0.717) is 31.1 Å². The Morgan fingerprint density at radius 1 is 1.05 bits per heavy atom. The lowest BCUT2D eigenvalue weighted by molar-refractivity contribution is -0.137. The Hall–Kier alpha value is -3.26. The van der Waals surface area contributed by atoms with E-state index in [1.54, 1.807) is 0 Å². The number of halogens is 1. The molecule has 8 heteroatoms. The first-order valence-corrected chi connectivity index (χ1v) is 13.8. The van der Waals surface area contributed by atoms with Crippen molar-refractivity contribution in [3.05, 3.63) is 93.0 Å². The number of aryl methyl sites for hydroxylation is 3. The van der Waals surface area contributed by atoms with Gasteiger partial charge in [-0.05, 0) is 91.0 Å². The summed E-state index contributed by atoms with van der Waals surface area (Å²) in [6.07, 6.45) is 3.16. The van der Waals surface area contributed by atoms with E-state index in [9.17, 15) is 15.0 Å². The molecule has 0 saturated carbocycles. The number of aromatic nitrogens is 3. The van der Waals surface area contributed by atoms with Gasteiger partial charge in [-0.15, -0.1) is 5.10 Å². The summed E-state index contributed by atoms with van der Waals surface area (Å²) in [7, 11) is 0. The van der Waals surface area contributed by atoms with Crippen LogP contribution in [0.2, 0.25) is 5.02 Å². The molecule has 0 saturated heterocycles. The molecule has 4 rings (SSSR count). The first-order chi connectivity index (χ1) is 18.9. The predicted octanol–water partition coefficient (Wildman–Crippen LogP) is 6.38. The summed E-state index contributed by atoms with van der Waals surface area (Å²) in [6, 6.07) is 18.0. The van der Waals surface area contributed by atoms with Crippen molar-refractivity contribution in [1.82, 2.24) is 15.0 Å². The van der Waals surface area contributed by atoms with Crippen molar-refractivity contribution < 1.29 is 19.7 Å². The molecule has 0 aliphatic heterocycles. The molecular weight excluding hydrogens is 514 g/mol. The van der Waals surface area contributed by atoms with E-state index in [2.05, 4.69) is 22.4 Å². The van der Waals surface area contributed by atoms with E-state index in [-0.39, 0.29) is 18.9 Å². The third-order valence-electron chi connectivity index (χ3n) is 7.33. The van der Waals surface area contributed by atoms with Gasteiger partial charge < -0.3 is 14.9 Å². The molecule has 3 aromatic carbocycles. The highest BCUT2D eigenvalue weighted by molar-refractivity contribution is 6.31. The monoisotopic (exact) mass is 549 g/mol. The second-order valence-corrected chi connectivity index (χ2v) is 10.5. The number of hydrogen-bond acceptors (Lipinski definition) is 5. The third-order valence-corrected chi connectivity index (χ3v) is 7.72. The highest BCUT2D eigenvalue weighted by Crippen LogP contribution is 2.32. The fourth-order valence-corrected chi connectivity index (χ4v) is 5.31. The molecule has 0 radical (unpaired) electrons. The Morgan fingerprint density at radius 3 is 2.59 bits per heavy atom. The van der Waals surface area contributed by atoms with Crippen LogP contribution < -0.4 is 0 Å². The Labute approximate surface area is 234 Å². The van der Waals surface area contributed by atoms with Gasteiger partial charge in [-0.2, -0.15) is 0 Å². The molecule has 39 heavy (non-hydrogen) atoms. The fraction of sp³-hybridized carbons (Fsp3) is 0.387. The van der Waals surface area contributed by atoms with Crippen LogP contribution in [0.15, 0.2) is 54.6 Å². The van der Waals surface area contributed by atoms with Gasteiger partial charge in [-0.1, -0.05) is 59.3 Å². The standard InChI is InChI=1S/C31H36ClN3O4/c1-21-26(19-36)16-24(17-28(21)32)10-11-25(18-30(37)38)27-12-13-29-31(22(27)2)33-34-35(29)14-6-7-15-39-20-23-8-4-3-5-9-23/h3-5,8-9,12-13,16-17,25,36H,6-7,10-11,14-15,18-20H2,1-2H3,(H,37,38). The van der Waals surface area contributed by atoms with Crippen molar-refractivity contribution in [3.63, 3.8) is 0 Å². The molecule has 1 unspecified atom stereocenters. The van der Waals surface area contributed by atoms with Crippen molar-refractivity contribution in [2.24, 2.45) is 0 Å². The van der Waals surface area contributed by atoms with Crippen molar-refractivity contribution in [2.45, 2.75) is 71.6 Å². The molecule has 0 fully saturated rings. The van der Waals surface area contributed by atoms with Crippen LogP contribution >= 0.6 is 11.6 Å². The minimum atomic E-state index is -0.837. The largest absolute Gasteiger partial charge is 0.481 e. The highest BCUT2D eigenvalue weighted by atomic mass is 35.5. The molecule has 0 aliphatic carbocycles. The number of aliphatic hydroxyl groups is 1. The van der Waals surface area contributed by atoms with Gasteiger partial charge >= 0.3 is 5.97 Å². The molecule has 0 aliphatic rings. The summed E-state index contributed by atoms with van der Waals surface area (Å²) in [5.74, 6) is -1.02. The molecule has 4 aromatic rings. The summed E-state index contributed by atoms with van der Waals surface area (Å²) in [4.78, 5) is 11.7. The van der Waals surface area contributed by atoms with Gasteiger partial charge in [0.15, 0.2) is 0 Å². The molecule has 7 nitrogen and oxygen atoms in total. The normalized spacial score (nSPS) is 12.2. The summed E-state index contributed by atoms with van der Waals surface area (Å²) in [5.41, 5.74) is 7.53. The predicted molar refractivity (Wildman–Crippen MR) is 153 cm³/mol. The van der Waals surface area contributed by atoms with Gasteiger partial charge in [-0.3, -0.25) is 4.79 Å². The van der Waals surface area contributed by atoms with E-state index in [4.69, 9.17) is 16.3 Å². The maximum atomic E-state index is 11.7. The summed E-state index contributed by atoms with van der Waals surface area (Å²) < 4.78 is 7.70. The van der Waals surface area contributed by atoms with Gasteiger partial charge in [0.25, 0.3) is 0 Å². The molecule has 1 atom stereocenters. The van der Waals surface area contributed by atoms with Crippen molar-refractivity contribution in [1.29, 1.82) is 0 Å². The number of nitrogens with zero attached hydrogens (tertiary/aromatic N) is 3. The number of hydrogen-bond donors (Lipinski definition) is 2. The van der Waals surface area contributed by atoms with E-state index in [1.807, 2.05) is 61.0 Å². The fourth-order valence-electron chi connectivity index (χ4n) is 5.05. The molecule has 206 valence electrons. The third kappa shape index (κ3) is 7.44. The van der Waals surface area contributed by atoms with Crippen LogP contribution in [0.4, 0.5) is 0 Å². The molecule has 1 heterocycles. The minimum absolute atomic E-state index is 0.0237. The zero-order valence-electron chi connectivity index (χ0n) is 22.6. The van der Waals surface area contributed by atoms with Crippen molar-refractivity contribution in [3.8, 4) is 0 Å². The number of fused-ring (bicyclic) bond motifs is 1. The first kappa shape index (κ1) is 28.7. The summed E-state index contributed by atoms with van der Waals surface area (Å²) >= 11 is 6.36. The van der Waals surface area contributed by atoms with Gasteiger partial charge in [-0.25, -0.2) is 4.68 Å². The number of benzene rings is 3. The lowest BCUT2D eigenvalue weighted by Gasteiger charge is -2.19. The quantitative estimate of drug-likeness (QED) is 0.177. The zero-order chi connectivity index (χ0) is 27.8. The minimum Gasteiger partial charge on any atom is -0.481 e. The van der Waals surface area contributed by atoms with Gasteiger partial charge in [0.1, 0.15) is 5.52 Å². The van der Waals surface area contributed by atoms with Gasteiger partial charge in [0, 0.05) is 18.2 Å². The lowest BCUT2D eigenvalue weighted by atomic mass is 9.86. The number of carbonyl (C=O) groups is 1. The number of rotatable bonds is 14. The lowest BCUT2D eigenvalue weighted by Crippen LogP contribution is -2.10. The van der Waals surface area contributed by atoms with Crippen LogP contribution in [0, 0.1) is 13.8 Å². The number of carboxylic acid groups (broad SMARTS) is 1. The smallest absolute Gasteiger partial charge is 0.303 e. The van der Waals surface area contributed by atoms with Crippen LogP contribution in [0.1, 0.15) is 65.0 Å². The zero-order valence-corrected chi connectivity index (χ0v) is 23.3. The average Bonchev–Trinajstić information content (AvgIpc) is 3.35. The molecule has 1 aromatic heterocycles. The molecule has 0 spiro atoms. The van der Waals surface area contributed by atoms with Gasteiger partial charge in [0.2, 0.25) is 0 Å². The van der Waals surface area contributed by atoms with Crippen LogP contribution in [-0.2, 0) is 35.7 Å². The molecule has 0 amide bonds. The number of ether oxygens (including phenoxy) is 1. The van der Waals surface area contributed by atoms with E-state index < -0.39 is 5.97 Å². The van der Waals surface area contributed by atoms with E-state index >= 15 is 0 Å². The molecule has 0 bridgehead atoms. The first-order valence-electron chi connectivity index (χ1n) is 13.4. The maximum Gasteiger partial charge on any atom is 0.303 e. The Kier molecular flexibility index (Phi) is 10.1. The summed E-state index contributed by atoms with van der Waals surface area (Å²) in [6.45, 7) is 5.85. The molecular formula is C31H36ClN3O4. The van der Waals surface area contributed by atoms with E-state index in [0.717, 1.165) is 58.2 Å². The number of unbranched alkanes of at least 4 members (excludes halogenated alkanes) is 1. The van der Waals surface area contributed by atoms with Crippen LogP contribution in [0.3, 0.4) is 0 Å². The van der Waals surface area contributed by atoms with Gasteiger partial charge in [0.05, 0.1) is 25.2 Å². The number of aliphatic carboxylic acids is 1. The van der Waals surface area contributed by atoms with Crippen molar-refractivity contribution >= 4 is 28.6 Å². The maximum absolute atomic E-state index is 11.7. The Bertz CT molecular complexity index is 1400. The second-order valence-electron chi connectivity index (χ2n) is 10.1. The summed E-state index contributed by atoms with van der Waals surface area (Å²) in [5, 5.41) is 28.7.